The molecule has 34 heavy (non-hydrogen) atoms. The molecule has 0 aliphatic carbocycles. The first-order valence-electron chi connectivity index (χ1n) is 8.22. The third-order valence-corrected chi connectivity index (χ3v) is 6.68. The van der Waals surface area contributed by atoms with Gasteiger partial charge in [-0.25, -0.2) is 16.8 Å². The van der Waals surface area contributed by atoms with Gasteiger partial charge in [0.2, 0.25) is 0 Å². The zero-order valence-electron chi connectivity index (χ0n) is 18.2. The maximum absolute atomic E-state index is 12.5. The van der Waals surface area contributed by atoms with Crippen LogP contribution < -0.4 is 80.6 Å². The van der Waals surface area contributed by atoms with Crippen molar-refractivity contribution in [2.75, 3.05) is 30.9 Å². The summed E-state index contributed by atoms with van der Waals surface area (Å²) in [7, 11) is -7.43. The summed E-state index contributed by atoms with van der Waals surface area (Å²) < 4.78 is 72.5. The number of sulfone groups is 1. The topological polar surface area (TPSA) is 228 Å². The maximum atomic E-state index is 12.5. The van der Waals surface area contributed by atoms with Gasteiger partial charge in [0.15, 0.2) is 22.2 Å². The van der Waals surface area contributed by atoms with Crippen LogP contribution in [0.25, 0.3) is 0 Å². The smallest absolute Gasteiger partial charge is 0.744 e. The van der Waals surface area contributed by atoms with Gasteiger partial charge >= 0.3 is 59.1 Å². The number of azo groups is 1. The number of nitrogen functional groups attached to an aromatic ring is 2. The van der Waals surface area contributed by atoms with Crippen molar-refractivity contribution in [1.82, 2.24) is 0 Å². The number of benzene rings is 2. The second-order valence-electron chi connectivity index (χ2n) is 5.78. The van der Waals surface area contributed by atoms with Gasteiger partial charge in [-0.1, -0.05) is 0 Å². The van der Waals surface area contributed by atoms with E-state index in [2.05, 4.69) is 19.6 Å². The van der Waals surface area contributed by atoms with Crippen LogP contribution in [0, 0.1) is 0 Å². The summed E-state index contributed by atoms with van der Waals surface area (Å²) in [5, 5.41) is 20.4. The molecule has 0 aliphatic heterocycles. The minimum atomic E-state index is -4.89. The van der Waals surface area contributed by atoms with Crippen molar-refractivity contribution >= 4 is 55.0 Å². The fourth-order valence-electron chi connectivity index (χ4n) is 2.28. The van der Waals surface area contributed by atoms with E-state index in [9.17, 15) is 26.6 Å². The molecule has 176 valence electrons. The Morgan fingerprint density at radius 1 is 1.00 bits per heavy atom. The van der Waals surface area contributed by atoms with E-state index >= 15 is 0 Å². The molecule has 0 fully saturated rings. The molecule has 4 N–H and O–H groups in total. The van der Waals surface area contributed by atoms with E-state index in [1.165, 1.54) is 19.2 Å². The van der Waals surface area contributed by atoms with Gasteiger partial charge in [-0.3, -0.25) is 9.22 Å². The Balaban J connectivity index is 0.00000544. The molecule has 0 saturated carbocycles. The number of nitrogens with zero attached hydrogens (tertiary/aromatic N) is 2. The van der Waals surface area contributed by atoms with E-state index in [0.29, 0.717) is 0 Å². The molecule has 0 amide bonds. The van der Waals surface area contributed by atoms with E-state index in [0.717, 1.165) is 18.2 Å². The van der Waals surface area contributed by atoms with Crippen molar-refractivity contribution in [2.45, 2.75) is 9.79 Å². The normalized spacial score (nSPS) is 11.6. The standard InChI is InChI=1S/C15H18N4O10S3.2Na/c1-26-14-3-2-9(31(21,22)5-4-27-30-29-28-20)6-13(14)19-18-12-8-15(32(23,24)25)11(17)7-10(12)16;;/h2-3,6-8,20H,4-5,16-17H2,1H3,(H,23,24,25);;/q;2*+1/p-2. The van der Waals surface area contributed by atoms with Crippen LogP contribution in [0.3, 0.4) is 0 Å². The summed E-state index contributed by atoms with van der Waals surface area (Å²) in [4.78, 5) is -0.886. The molecule has 0 heterocycles. The Morgan fingerprint density at radius 3 is 2.24 bits per heavy atom. The second-order valence-corrected chi connectivity index (χ2v) is 9.75. The van der Waals surface area contributed by atoms with Crippen LogP contribution in [0.4, 0.5) is 22.7 Å². The fourth-order valence-corrected chi connectivity index (χ4v) is 4.31. The van der Waals surface area contributed by atoms with E-state index < -0.39 is 30.6 Å². The Morgan fingerprint density at radius 2 is 1.65 bits per heavy atom. The first-order valence-corrected chi connectivity index (χ1v) is 11.9. The summed E-state index contributed by atoms with van der Waals surface area (Å²) >= 11 is 0.171. The monoisotopic (exact) mass is 554 g/mol. The molecule has 2 rings (SSSR count). The van der Waals surface area contributed by atoms with Gasteiger partial charge in [-0.2, -0.15) is 0 Å². The summed E-state index contributed by atoms with van der Waals surface area (Å²) in [6.07, 6.45) is 0. The third kappa shape index (κ3) is 9.51. The van der Waals surface area contributed by atoms with E-state index in [1.54, 1.807) is 0 Å². The number of ether oxygens (including phenoxy) is 1. The average molecular weight is 554 g/mol. The number of hydrogen-bond acceptors (Lipinski definition) is 15. The van der Waals surface area contributed by atoms with Crippen LogP contribution in [0.2, 0.25) is 0 Å². The molecule has 0 saturated heterocycles. The predicted octanol–water partition coefficient (Wildman–Crippen LogP) is -5.24. The van der Waals surface area contributed by atoms with Crippen molar-refractivity contribution in [3.8, 4) is 5.75 Å². The van der Waals surface area contributed by atoms with Gasteiger partial charge in [0, 0.05) is 0 Å². The first-order chi connectivity index (χ1) is 15.0. The van der Waals surface area contributed by atoms with E-state index in [4.69, 9.17) is 20.4 Å². The van der Waals surface area contributed by atoms with Gasteiger partial charge in [0.1, 0.15) is 27.2 Å². The van der Waals surface area contributed by atoms with E-state index in [-0.39, 0.29) is 111 Å². The largest absolute Gasteiger partial charge is 1.00 e. The fraction of sp³-hybridized carbons (Fsp3) is 0.200. The quantitative estimate of drug-likeness (QED) is 0.0387. The molecule has 0 unspecified atom stereocenters. The van der Waals surface area contributed by atoms with Crippen molar-refractivity contribution in [3.63, 3.8) is 0 Å². The molecule has 2 aromatic carbocycles. The maximum Gasteiger partial charge on any atom is 1.00 e. The van der Waals surface area contributed by atoms with Gasteiger partial charge in [0.05, 0.1) is 40.6 Å². The number of hydrogen-bond donors (Lipinski definition) is 2. The minimum Gasteiger partial charge on any atom is -0.744 e. The molecule has 0 radical (unpaired) electrons. The van der Waals surface area contributed by atoms with Gasteiger partial charge in [-0.15, -0.1) is 14.6 Å². The van der Waals surface area contributed by atoms with Crippen molar-refractivity contribution in [3.05, 3.63) is 30.3 Å². The number of methoxy groups -OCH3 is 1. The summed E-state index contributed by atoms with van der Waals surface area (Å²) in [5.74, 6) is -0.327. The Labute approximate surface area is 243 Å². The van der Waals surface area contributed by atoms with Crippen LogP contribution >= 0.6 is 12.3 Å². The SMILES string of the molecule is COc1ccc(S(=O)(=O)CCOSOO[O-])cc1N=Nc1cc(S(=O)(=O)[O-])c(N)cc1N.[Na+].[Na+]. The molecular weight excluding hydrogens is 538 g/mol. The number of nitrogens with two attached hydrogens (primary N) is 2. The number of rotatable bonds is 11. The van der Waals surface area contributed by atoms with Crippen LogP contribution in [-0.2, 0) is 33.5 Å². The van der Waals surface area contributed by atoms with Gasteiger partial charge < -0.3 is 26.0 Å². The molecule has 0 aliphatic rings. The van der Waals surface area contributed by atoms with Crippen molar-refractivity contribution < 1.29 is 104 Å². The molecule has 0 atom stereocenters. The molecule has 0 bridgehead atoms. The summed E-state index contributed by atoms with van der Waals surface area (Å²) in [6.45, 7) is -0.326. The molecule has 14 nitrogen and oxygen atoms in total. The van der Waals surface area contributed by atoms with Crippen LogP contribution in [0.1, 0.15) is 0 Å². The van der Waals surface area contributed by atoms with Crippen molar-refractivity contribution in [2.24, 2.45) is 10.2 Å². The zero-order chi connectivity index (χ0) is 23.9. The number of anilines is 2. The molecule has 0 aromatic heterocycles. The first kappa shape index (κ1) is 33.5. The van der Waals surface area contributed by atoms with Gasteiger partial charge in [-0.05, 0) is 30.3 Å². The van der Waals surface area contributed by atoms with E-state index in [1.807, 2.05) is 0 Å². The average Bonchev–Trinajstić information content (AvgIpc) is 2.71. The second kappa shape index (κ2) is 14.9. The molecule has 2 aromatic rings. The Bertz CT molecular complexity index is 1210. The summed E-state index contributed by atoms with van der Waals surface area (Å²) in [6, 6.07) is 5.63. The molecule has 0 spiro atoms. The summed E-state index contributed by atoms with van der Waals surface area (Å²) in [5.41, 5.74) is 10.6. The van der Waals surface area contributed by atoms with Crippen LogP contribution in [-0.4, -0.2) is 40.9 Å². The van der Waals surface area contributed by atoms with Crippen LogP contribution in [0.15, 0.2) is 50.4 Å². The molecule has 19 heteroatoms. The Kier molecular flexibility index (Phi) is 14.7. The van der Waals surface area contributed by atoms with Crippen molar-refractivity contribution in [1.29, 1.82) is 0 Å². The predicted molar refractivity (Wildman–Crippen MR) is 108 cm³/mol. The van der Waals surface area contributed by atoms with Crippen LogP contribution in [0.5, 0.6) is 5.75 Å². The Hall–Kier alpha value is -0.510. The molecular formula is C15H16N4Na2O10S3. The van der Waals surface area contributed by atoms with Gasteiger partial charge in [0.25, 0.3) is 0 Å². The zero-order valence-corrected chi connectivity index (χ0v) is 24.6. The third-order valence-electron chi connectivity index (χ3n) is 3.74. The minimum absolute atomic E-state index is 0.